The molecule has 8 nitrogen and oxygen atoms in total. The Balaban J connectivity index is 1.30. The second-order valence-corrected chi connectivity index (χ2v) is 9.81. The number of hydrogen-bond acceptors (Lipinski definition) is 8. The van der Waals surface area contributed by atoms with E-state index in [4.69, 9.17) is 9.15 Å². The highest BCUT2D eigenvalue weighted by Gasteiger charge is 2.34. The van der Waals surface area contributed by atoms with Crippen molar-refractivity contribution in [3.05, 3.63) is 83.9 Å². The number of alkyl halides is 3. The SMILES string of the molecule is O=C1Cc2ccccc2N(c2ccccc2)C[C@@H]1Cc1nnc(-c2ncc(C(F)(F)F)cc2N2CCOCC2)o1. The zero-order valence-electron chi connectivity index (χ0n) is 21.5. The van der Waals surface area contributed by atoms with E-state index in [2.05, 4.69) is 20.1 Å². The number of aromatic nitrogens is 3. The second kappa shape index (κ2) is 10.7. The first-order chi connectivity index (χ1) is 19.4. The van der Waals surface area contributed by atoms with E-state index >= 15 is 0 Å². The number of morpholine rings is 1. The maximum atomic E-state index is 13.5. The van der Waals surface area contributed by atoms with Gasteiger partial charge in [-0.3, -0.25) is 4.79 Å². The maximum absolute atomic E-state index is 13.5. The van der Waals surface area contributed by atoms with E-state index in [1.165, 1.54) is 0 Å². The molecule has 1 saturated heterocycles. The highest BCUT2D eigenvalue weighted by molar-refractivity contribution is 5.88. The van der Waals surface area contributed by atoms with E-state index in [1.54, 1.807) is 4.90 Å². The van der Waals surface area contributed by atoms with Crippen LogP contribution in [0.15, 0.2) is 71.3 Å². The van der Waals surface area contributed by atoms with Gasteiger partial charge in [0.2, 0.25) is 5.89 Å². The van der Waals surface area contributed by atoms with Crippen molar-refractivity contribution in [2.45, 2.75) is 19.0 Å². The largest absolute Gasteiger partial charge is 0.419 e. The third-order valence-electron chi connectivity index (χ3n) is 7.21. The standard InChI is InChI=1S/C29H26F3N5O3/c30-29(31,32)21-16-24(36-10-12-39-13-11-36)27(33-17-21)28-35-34-26(40-28)15-20-18-37(22-7-2-1-3-8-22)23-9-5-4-6-19(23)14-25(20)38/h1-9,16-17,20H,10-15,18H2/t20-/m0/s1. The van der Waals surface area contributed by atoms with Gasteiger partial charge < -0.3 is 19.0 Å². The zero-order chi connectivity index (χ0) is 27.7. The fourth-order valence-electron chi connectivity index (χ4n) is 5.17. The molecule has 2 aliphatic heterocycles. The topological polar surface area (TPSA) is 84.6 Å². The predicted molar refractivity (Wildman–Crippen MR) is 141 cm³/mol. The van der Waals surface area contributed by atoms with Crippen molar-refractivity contribution in [3.63, 3.8) is 0 Å². The van der Waals surface area contributed by atoms with E-state index in [9.17, 15) is 18.0 Å². The van der Waals surface area contributed by atoms with Gasteiger partial charge in [-0.15, -0.1) is 10.2 Å². The monoisotopic (exact) mass is 549 g/mol. The fraction of sp³-hybridized carbons (Fsp3) is 0.310. The lowest BCUT2D eigenvalue weighted by atomic mass is 9.96. The molecule has 4 aromatic rings. The summed E-state index contributed by atoms with van der Waals surface area (Å²) in [4.78, 5) is 21.4. The number of fused-ring (bicyclic) bond motifs is 1. The van der Waals surface area contributed by atoms with E-state index < -0.39 is 17.7 Å². The first kappa shape index (κ1) is 26.0. The van der Waals surface area contributed by atoms with Crippen LogP contribution in [-0.2, 0) is 28.5 Å². The first-order valence-electron chi connectivity index (χ1n) is 13.0. The van der Waals surface area contributed by atoms with Crippen molar-refractivity contribution in [2.24, 2.45) is 5.92 Å². The summed E-state index contributed by atoms with van der Waals surface area (Å²) in [5, 5.41) is 8.28. The Morgan fingerprint density at radius 3 is 2.48 bits per heavy atom. The predicted octanol–water partition coefficient (Wildman–Crippen LogP) is 5.11. The number of benzene rings is 2. The van der Waals surface area contributed by atoms with E-state index in [0.29, 0.717) is 32.8 Å². The van der Waals surface area contributed by atoms with Gasteiger partial charge in [0.25, 0.3) is 5.89 Å². The summed E-state index contributed by atoms with van der Waals surface area (Å²) >= 11 is 0. The van der Waals surface area contributed by atoms with Crippen LogP contribution in [-0.4, -0.2) is 53.8 Å². The minimum absolute atomic E-state index is 0.00879. The third-order valence-corrected chi connectivity index (χ3v) is 7.21. The number of Topliss-reactive ketones (excluding diaryl/α,β-unsaturated/α-hetero) is 1. The van der Waals surface area contributed by atoms with Crippen molar-refractivity contribution in [2.75, 3.05) is 42.6 Å². The van der Waals surface area contributed by atoms with E-state index in [-0.39, 0.29) is 41.8 Å². The van der Waals surface area contributed by atoms with Crippen molar-refractivity contribution in [1.29, 1.82) is 0 Å². The molecule has 40 heavy (non-hydrogen) atoms. The van der Waals surface area contributed by atoms with Crippen LogP contribution < -0.4 is 9.80 Å². The molecule has 1 atom stereocenters. The summed E-state index contributed by atoms with van der Waals surface area (Å²) < 4.78 is 51.8. The van der Waals surface area contributed by atoms with Crippen LogP contribution in [0.5, 0.6) is 0 Å². The molecule has 0 saturated carbocycles. The number of anilines is 3. The lowest BCUT2D eigenvalue weighted by molar-refractivity contribution is -0.137. The summed E-state index contributed by atoms with van der Waals surface area (Å²) in [6, 6.07) is 18.7. The number of ether oxygens (including phenoxy) is 1. The smallest absolute Gasteiger partial charge is 0.417 e. The Kier molecular flexibility index (Phi) is 6.97. The van der Waals surface area contributed by atoms with Gasteiger partial charge in [0.1, 0.15) is 5.78 Å². The van der Waals surface area contributed by atoms with Gasteiger partial charge >= 0.3 is 6.18 Å². The van der Waals surface area contributed by atoms with Gasteiger partial charge in [-0.1, -0.05) is 36.4 Å². The zero-order valence-corrected chi connectivity index (χ0v) is 21.5. The van der Waals surface area contributed by atoms with Crippen LogP contribution in [0, 0.1) is 5.92 Å². The van der Waals surface area contributed by atoms with Crippen LogP contribution in [0.25, 0.3) is 11.6 Å². The first-order valence-corrected chi connectivity index (χ1v) is 13.0. The Labute approximate surface area is 228 Å². The molecule has 206 valence electrons. The normalized spacial score (nSPS) is 18.0. The summed E-state index contributed by atoms with van der Waals surface area (Å²) in [5.41, 5.74) is 2.44. The Hall–Kier alpha value is -4.25. The summed E-state index contributed by atoms with van der Waals surface area (Å²) in [5.74, 6) is -0.163. The van der Waals surface area contributed by atoms with Crippen molar-refractivity contribution >= 4 is 22.8 Å². The molecule has 0 radical (unpaired) electrons. The molecular formula is C29H26F3N5O3. The Bertz CT molecular complexity index is 1500. The molecule has 0 bridgehead atoms. The number of ketones is 1. The van der Waals surface area contributed by atoms with Gasteiger partial charge in [-0.25, -0.2) is 4.98 Å². The van der Waals surface area contributed by atoms with Gasteiger partial charge in [-0.05, 0) is 29.8 Å². The minimum Gasteiger partial charge on any atom is -0.419 e. The molecule has 2 aromatic carbocycles. The molecule has 0 amide bonds. The molecule has 0 N–H and O–H groups in total. The van der Waals surface area contributed by atoms with E-state index in [1.807, 2.05) is 54.6 Å². The molecule has 11 heteroatoms. The molecule has 0 unspecified atom stereocenters. The number of nitrogens with zero attached hydrogens (tertiary/aromatic N) is 5. The van der Waals surface area contributed by atoms with Crippen molar-refractivity contribution in [3.8, 4) is 11.6 Å². The number of rotatable bonds is 5. The molecule has 0 spiro atoms. The van der Waals surface area contributed by atoms with Crippen molar-refractivity contribution in [1.82, 2.24) is 15.2 Å². The van der Waals surface area contributed by atoms with Crippen LogP contribution >= 0.6 is 0 Å². The van der Waals surface area contributed by atoms with Gasteiger partial charge in [0, 0.05) is 56.0 Å². The average molecular weight is 550 g/mol. The number of carbonyl (C=O) groups is 1. The third kappa shape index (κ3) is 5.29. The number of para-hydroxylation sites is 2. The molecule has 2 aliphatic rings. The number of halogens is 3. The number of hydrogen-bond donors (Lipinski definition) is 0. The molecule has 6 rings (SSSR count). The fourth-order valence-corrected chi connectivity index (χ4v) is 5.17. The highest BCUT2D eigenvalue weighted by Crippen LogP contribution is 2.37. The quantitative estimate of drug-likeness (QED) is 0.340. The second-order valence-electron chi connectivity index (χ2n) is 9.81. The maximum Gasteiger partial charge on any atom is 0.417 e. The van der Waals surface area contributed by atoms with Crippen molar-refractivity contribution < 1.29 is 27.1 Å². The Morgan fingerprint density at radius 1 is 0.950 bits per heavy atom. The Morgan fingerprint density at radius 2 is 1.70 bits per heavy atom. The van der Waals surface area contributed by atoms with Gasteiger partial charge in [0.05, 0.1) is 24.5 Å². The van der Waals surface area contributed by atoms with Gasteiger partial charge in [-0.2, -0.15) is 13.2 Å². The molecular weight excluding hydrogens is 523 g/mol. The summed E-state index contributed by atoms with van der Waals surface area (Å²) in [6.45, 7) is 1.99. The number of carbonyl (C=O) groups excluding carboxylic acids is 1. The summed E-state index contributed by atoms with van der Waals surface area (Å²) in [7, 11) is 0. The van der Waals surface area contributed by atoms with Crippen LogP contribution in [0.2, 0.25) is 0 Å². The summed E-state index contributed by atoms with van der Waals surface area (Å²) in [6.07, 6.45) is -3.31. The molecule has 1 fully saturated rings. The van der Waals surface area contributed by atoms with Gasteiger partial charge in [0.15, 0.2) is 5.69 Å². The molecule has 0 aliphatic carbocycles. The minimum atomic E-state index is -4.55. The van der Waals surface area contributed by atoms with Crippen LogP contribution in [0.1, 0.15) is 17.0 Å². The lowest BCUT2D eigenvalue weighted by Gasteiger charge is -2.30. The number of pyridine rings is 1. The van der Waals surface area contributed by atoms with Crippen LogP contribution in [0.3, 0.4) is 0 Å². The molecule has 4 heterocycles. The van der Waals surface area contributed by atoms with E-state index in [0.717, 1.165) is 29.2 Å². The highest BCUT2D eigenvalue weighted by atomic mass is 19.4. The molecule has 2 aromatic heterocycles. The van der Waals surface area contributed by atoms with Crippen LogP contribution in [0.4, 0.5) is 30.2 Å². The lowest BCUT2D eigenvalue weighted by Crippen LogP contribution is -2.36. The average Bonchev–Trinajstić information content (AvgIpc) is 3.38.